The Hall–Kier alpha value is -2.34. The third-order valence-corrected chi connectivity index (χ3v) is 3.91. The second kappa shape index (κ2) is 6.42. The van der Waals surface area contributed by atoms with Crippen LogP contribution in [0.25, 0.3) is 0 Å². The summed E-state index contributed by atoms with van der Waals surface area (Å²) in [5.41, 5.74) is 0.629. The van der Waals surface area contributed by atoms with Gasteiger partial charge in [-0.1, -0.05) is 12.1 Å². The fourth-order valence-electron chi connectivity index (χ4n) is 2.95. The van der Waals surface area contributed by atoms with E-state index in [-0.39, 0.29) is 12.0 Å². The minimum Gasteiger partial charge on any atom is -0.459 e. The zero-order valence-corrected chi connectivity index (χ0v) is 13.3. The summed E-state index contributed by atoms with van der Waals surface area (Å²) in [6.45, 7) is 4.12. The number of hydrogen-bond donors (Lipinski definition) is 2. The predicted octanol–water partition coefficient (Wildman–Crippen LogP) is 2.27. The number of aromatic amines is 1. The van der Waals surface area contributed by atoms with Gasteiger partial charge in [0.25, 0.3) is 5.72 Å². The molecule has 6 heteroatoms. The number of aromatic nitrogens is 2. The quantitative estimate of drug-likeness (QED) is 0.830. The fraction of sp³-hybridized carbons (Fsp3) is 0.412. The topological polar surface area (TPSA) is 76.2 Å². The fourth-order valence-corrected chi connectivity index (χ4v) is 2.95. The molecule has 0 bridgehead atoms. The average molecular weight is 315 g/mol. The van der Waals surface area contributed by atoms with Crippen molar-refractivity contribution >= 4 is 5.91 Å². The van der Waals surface area contributed by atoms with Gasteiger partial charge in [-0.25, -0.2) is 0 Å². The number of H-pyrrole nitrogens is 1. The Morgan fingerprint density at radius 3 is 2.96 bits per heavy atom. The van der Waals surface area contributed by atoms with Gasteiger partial charge in [-0.2, -0.15) is 5.10 Å². The average Bonchev–Trinajstić information content (AvgIpc) is 3.20. The van der Waals surface area contributed by atoms with Gasteiger partial charge in [0, 0.05) is 19.7 Å². The molecule has 2 aromatic rings. The molecule has 3 rings (SSSR count). The molecule has 1 saturated heterocycles. The van der Waals surface area contributed by atoms with Crippen LogP contribution in [0.2, 0.25) is 0 Å². The van der Waals surface area contributed by atoms with Crippen LogP contribution in [0.5, 0.6) is 5.75 Å². The van der Waals surface area contributed by atoms with E-state index in [2.05, 4.69) is 15.5 Å². The van der Waals surface area contributed by atoms with Crippen LogP contribution >= 0.6 is 0 Å². The second-order valence-electron chi connectivity index (χ2n) is 5.81. The molecule has 0 spiro atoms. The Morgan fingerprint density at radius 1 is 1.48 bits per heavy atom. The van der Waals surface area contributed by atoms with E-state index in [1.54, 1.807) is 12.3 Å². The maximum Gasteiger partial charge on any atom is 0.251 e. The first-order chi connectivity index (χ1) is 11.1. The Labute approximate surface area is 135 Å². The van der Waals surface area contributed by atoms with Crippen LogP contribution < -0.4 is 10.1 Å². The lowest BCUT2D eigenvalue weighted by Crippen LogP contribution is -2.57. The molecule has 23 heavy (non-hydrogen) atoms. The van der Waals surface area contributed by atoms with Gasteiger partial charge in [-0.3, -0.25) is 9.89 Å². The molecule has 1 aromatic carbocycles. The number of nitrogens with one attached hydrogen (secondary N) is 2. The van der Waals surface area contributed by atoms with Crippen molar-refractivity contribution in [2.24, 2.45) is 0 Å². The van der Waals surface area contributed by atoms with Crippen LogP contribution in [0.3, 0.4) is 0 Å². The highest BCUT2D eigenvalue weighted by Gasteiger charge is 2.47. The predicted molar refractivity (Wildman–Crippen MR) is 84.9 cm³/mol. The zero-order valence-electron chi connectivity index (χ0n) is 13.3. The largest absolute Gasteiger partial charge is 0.459 e. The summed E-state index contributed by atoms with van der Waals surface area (Å²) in [5.74, 6) is 0.478. The first-order valence-corrected chi connectivity index (χ1v) is 7.76. The molecule has 1 amide bonds. The third kappa shape index (κ3) is 3.22. The van der Waals surface area contributed by atoms with E-state index in [0.29, 0.717) is 18.1 Å². The summed E-state index contributed by atoms with van der Waals surface area (Å²) in [7, 11) is 0. The molecule has 6 nitrogen and oxygen atoms in total. The molecule has 2 atom stereocenters. The van der Waals surface area contributed by atoms with Gasteiger partial charge in [0.1, 0.15) is 17.5 Å². The Bertz CT molecular complexity index is 665. The number of nitrogens with zero attached hydrogens (tertiary/aromatic N) is 1. The van der Waals surface area contributed by atoms with Crippen LogP contribution in [-0.4, -0.2) is 28.8 Å². The zero-order chi connectivity index (χ0) is 16.3. The van der Waals surface area contributed by atoms with Crippen molar-refractivity contribution in [1.29, 1.82) is 0 Å². The molecular formula is C17H21N3O3. The highest BCUT2D eigenvalue weighted by atomic mass is 16.6. The molecule has 122 valence electrons. The number of amides is 1. The molecule has 1 aliphatic rings. The summed E-state index contributed by atoms with van der Waals surface area (Å²) >= 11 is 0. The van der Waals surface area contributed by atoms with Gasteiger partial charge in [0.2, 0.25) is 5.91 Å². The number of carbonyl (C=O) groups is 1. The molecule has 1 aliphatic heterocycles. The maximum atomic E-state index is 11.9. The molecule has 1 fully saturated rings. The van der Waals surface area contributed by atoms with E-state index in [1.807, 2.05) is 31.2 Å². The van der Waals surface area contributed by atoms with Crippen molar-refractivity contribution in [3.63, 3.8) is 0 Å². The van der Waals surface area contributed by atoms with Gasteiger partial charge in [-0.15, -0.1) is 0 Å². The highest BCUT2D eigenvalue weighted by Crippen LogP contribution is 2.35. The molecule has 2 unspecified atom stereocenters. The van der Waals surface area contributed by atoms with E-state index in [0.717, 1.165) is 18.4 Å². The minimum absolute atomic E-state index is 0.192. The summed E-state index contributed by atoms with van der Waals surface area (Å²) in [6, 6.07) is 9.52. The lowest BCUT2D eigenvalue weighted by atomic mass is 9.99. The summed E-state index contributed by atoms with van der Waals surface area (Å²) in [4.78, 5) is 11.9. The first-order valence-electron chi connectivity index (χ1n) is 7.76. The van der Waals surface area contributed by atoms with Crippen LogP contribution in [0.4, 0.5) is 0 Å². The van der Waals surface area contributed by atoms with Gasteiger partial charge >= 0.3 is 0 Å². The molecule has 0 radical (unpaired) electrons. The number of hydrogen-bond acceptors (Lipinski definition) is 4. The molecule has 1 aromatic heterocycles. The van der Waals surface area contributed by atoms with E-state index in [9.17, 15) is 4.79 Å². The third-order valence-electron chi connectivity index (χ3n) is 3.91. The van der Waals surface area contributed by atoms with Crippen molar-refractivity contribution in [2.45, 2.75) is 38.5 Å². The summed E-state index contributed by atoms with van der Waals surface area (Å²) < 4.78 is 12.2. The van der Waals surface area contributed by atoms with E-state index < -0.39 is 5.72 Å². The van der Waals surface area contributed by atoms with Crippen molar-refractivity contribution in [3.05, 3.63) is 47.8 Å². The maximum absolute atomic E-state index is 11.9. The number of benzene rings is 1. The standard InChI is InChI=1S/C17H21N3O3/c1-12-5-3-6-14(11-12)23-17(19-13(2)21,15-8-9-18-20-15)16-7-4-10-22-16/h3,5-6,8-9,11,16H,4,7,10H2,1-2H3,(H,18,20)(H,19,21). The Kier molecular flexibility index (Phi) is 4.34. The van der Waals surface area contributed by atoms with Crippen molar-refractivity contribution < 1.29 is 14.3 Å². The van der Waals surface area contributed by atoms with Gasteiger partial charge in [0.15, 0.2) is 0 Å². The monoisotopic (exact) mass is 315 g/mol. The highest BCUT2D eigenvalue weighted by molar-refractivity contribution is 5.74. The number of aryl methyl sites for hydroxylation is 1. The minimum atomic E-state index is -1.12. The van der Waals surface area contributed by atoms with Crippen molar-refractivity contribution in [3.8, 4) is 5.75 Å². The van der Waals surface area contributed by atoms with Gasteiger partial charge in [0.05, 0.1) is 0 Å². The van der Waals surface area contributed by atoms with Crippen molar-refractivity contribution in [1.82, 2.24) is 15.5 Å². The summed E-state index contributed by atoms with van der Waals surface area (Å²) in [6.07, 6.45) is 3.08. The normalized spacial score (nSPS) is 20.0. The van der Waals surface area contributed by atoms with Gasteiger partial charge in [-0.05, 0) is 43.5 Å². The van der Waals surface area contributed by atoms with Crippen LogP contribution in [0.1, 0.15) is 31.0 Å². The Morgan fingerprint density at radius 2 is 2.35 bits per heavy atom. The van der Waals surface area contributed by atoms with Gasteiger partial charge < -0.3 is 14.8 Å². The van der Waals surface area contributed by atoms with Crippen LogP contribution in [0, 0.1) is 6.92 Å². The second-order valence-corrected chi connectivity index (χ2v) is 5.81. The van der Waals surface area contributed by atoms with E-state index >= 15 is 0 Å². The smallest absolute Gasteiger partial charge is 0.251 e. The number of carbonyl (C=O) groups excluding carboxylic acids is 1. The van der Waals surface area contributed by atoms with Crippen molar-refractivity contribution in [2.75, 3.05) is 6.61 Å². The molecule has 2 heterocycles. The lowest BCUT2D eigenvalue weighted by Gasteiger charge is -2.38. The SMILES string of the molecule is CC(=O)NC(Oc1cccc(C)c1)(c1ccn[nH]1)C1CCCO1. The number of ether oxygens (including phenoxy) is 2. The summed E-state index contributed by atoms with van der Waals surface area (Å²) in [5, 5.41) is 9.89. The molecular weight excluding hydrogens is 294 g/mol. The van der Waals surface area contributed by atoms with Crippen LogP contribution in [-0.2, 0) is 15.3 Å². The van der Waals surface area contributed by atoms with E-state index in [1.165, 1.54) is 6.92 Å². The number of rotatable bonds is 5. The van der Waals surface area contributed by atoms with Crippen LogP contribution in [0.15, 0.2) is 36.5 Å². The molecule has 0 aliphatic carbocycles. The Balaban J connectivity index is 2.04. The first kappa shape index (κ1) is 15.6. The lowest BCUT2D eigenvalue weighted by molar-refractivity contribution is -0.138. The molecule has 2 N–H and O–H groups in total. The molecule has 0 saturated carbocycles. The van der Waals surface area contributed by atoms with E-state index in [4.69, 9.17) is 9.47 Å².